The van der Waals surface area contributed by atoms with Crippen LogP contribution in [0.5, 0.6) is 5.75 Å². The molecule has 0 saturated heterocycles. The van der Waals surface area contributed by atoms with Gasteiger partial charge in [0.15, 0.2) is 5.89 Å². The topological polar surface area (TPSA) is 83.4 Å². The van der Waals surface area contributed by atoms with E-state index < -0.39 is 0 Å². The van der Waals surface area contributed by atoms with Gasteiger partial charge in [0.2, 0.25) is 5.69 Å². The monoisotopic (exact) mass is 354 g/mol. The van der Waals surface area contributed by atoms with Crippen LogP contribution in [0.15, 0.2) is 33.8 Å². The first-order valence-electron chi connectivity index (χ1n) is 9.04. The molecule has 1 aromatic heterocycles. The van der Waals surface area contributed by atoms with E-state index in [4.69, 9.17) is 14.4 Å². The Balaban J connectivity index is 1.90. The number of hydrogen-bond donors (Lipinski definition) is 1. The maximum Gasteiger partial charge on any atom is 0.252 e. The third kappa shape index (κ3) is 6.25. The Kier molecular flexibility index (Phi) is 7.69. The Morgan fingerprint density at radius 3 is 2.73 bits per heavy atom. The van der Waals surface area contributed by atoms with Crippen molar-refractivity contribution in [3.05, 3.63) is 41.4 Å². The van der Waals surface area contributed by atoms with Gasteiger partial charge in [-0.2, -0.15) is 10.4 Å². The maximum absolute atomic E-state index is 9.14. The normalized spacial score (nSPS) is 11.0. The number of hydrazone groups is 1. The van der Waals surface area contributed by atoms with E-state index in [0.29, 0.717) is 18.2 Å². The highest BCUT2D eigenvalue weighted by Gasteiger charge is 2.13. The summed E-state index contributed by atoms with van der Waals surface area (Å²) < 4.78 is 11.2. The summed E-state index contributed by atoms with van der Waals surface area (Å²) in [5.74, 6) is 2.07. The van der Waals surface area contributed by atoms with Crippen molar-refractivity contribution in [1.82, 2.24) is 4.98 Å². The molecule has 138 valence electrons. The molecule has 0 unspecified atom stereocenters. The average Bonchev–Trinajstić information content (AvgIpc) is 3.01. The van der Waals surface area contributed by atoms with Crippen molar-refractivity contribution in [3.8, 4) is 11.8 Å². The Morgan fingerprint density at radius 2 is 2.08 bits per heavy atom. The van der Waals surface area contributed by atoms with Gasteiger partial charge in [-0.05, 0) is 42.2 Å². The molecule has 0 amide bonds. The average molecular weight is 354 g/mol. The fourth-order valence-corrected chi connectivity index (χ4v) is 2.31. The van der Waals surface area contributed by atoms with Gasteiger partial charge in [0.05, 0.1) is 12.8 Å². The largest absolute Gasteiger partial charge is 0.494 e. The van der Waals surface area contributed by atoms with Gasteiger partial charge >= 0.3 is 0 Å². The minimum atomic E-state index is 0.216. The molecule has 6 nitrogen and oxygen atoms in total. The highest BCUT2D eigenvalue weighted by molar-refractivity contribution is 5.80. The van der Waals surface area contributed by atoms with Crippen LogP contribution in [0.3, 0.4) is 0 Å². The zero-order valence-corrected chi connectivity index (χ0v) is 15.7. The summed E-state index contributed by atoms with van der Waals surface area (Å²) in [6.45, 7) is 7.05. The third-order valence-corrected chi connectivity index (χ3v) is 3.64. The molecule has 0 fully saturated rings. The molecule has 0 spiro atoms. The lowest BCUT2D eigenvalue weighted by Crippen LogP contribution is -1.97. The van der Waals surface area contributed by atoms with Gasteiger partial charge in [-0.1, -0.05) is 33.6 Å². The van der Waals surface area contributed by atoms with E-state index in [1.54, 1.807) is 6.21 Å². The van der Waals surface area contributed by atoms with Crippen molar-refractivity contribution >= 4 is 12.1 Å². The van der Waals surface area contributed by atoms with Crippen LogP contribution in [-0.4, -0.2) is 17.8 Å². The Bertz CT molecular complexity index is 742. The maximum atomic E-state index is 9.14. The van der Waals surface area contributed by atoms with Crippen molar-refractivity contribution in [1.29, 1.82) is 5.26 Å². The molecule has 1 aromatic carbocycles. The summed E-state index contributed by atoms with van der Waals surface area (Å²) in [5.41, 5.74) is 3.89. The van der Waals surface area contributed by atoms with Crippen LogP contribution in [0.2, 0.25) is 0 Å². The first-order chi connectivity index (χ1) is 12.6. The van der Waals surface area contributed by atoms with Crippen LogP contribution < -0.4 is 10.2 Å². The van der Waals surface area contributed by atoms with E-state index in [9.17, 15) is 0 Å². The Hall–Kier alpha value is -2.81. The highest BCUT2D eigenvalue weighted by atomic mass is 16.5. The second kappa shape index (κ2) is 10.2. The first kappa shape index (κ1) is 19.5. The lowest BCUT2D eigenvalue weighted by Gasteiger charge is -2.05. The summed E-state index contributed by atoms with van der Waals surface area (Å²) in [6.07, 6.45) is 5.78. The number of anilines is 1. The number of nitriles is 1. The molecule has 1 heterocycles. The van der Waals surface area contributed by atoms with Gasteiger partial charge in [0.1, 0.15) is 11.8 Å². The molecule has 0 aliphatic carbocycles. The van der Waals surface area contributed by atoms with E-state index in [-0.39, 0.29) is 11.6 Å². The zero-order valence-electron chi connectivity index (χ0n) is 15.7. The summed E-state index contributed by atoms with van der Waals surface area (Å²) in [7, 11) is 0. The van der Waals surface area contributed by atoms with E-state index in [0.717, 1.165) is 24.3 Å². The number of nitrogens with one attached hydrogen (secondary N) is 1. The molecule has 0 bridgehead atoms. The van der Waals surface area contributed by atoms with Gasteiger partial charge in [-0.15, -0.1) is 0 Å². The zero-order chi connectivity index (χ0) is 18.8. The molecular formula is C20H26N4O2. The van der Waals surface area contributed by atoms with Crippen molar-refractivity contribution in [2.75, 3.05) is 12.0 Å². The van der Waals surface area contributed by atoms with Crippen molar-refractivity contribution in [3.63, 3.8) is 0 Å². The quantitative estimate of drug-likeness (QED) is 0.378. The van der Waals surface area contributed by atoms with E-state index in [1.807, 2.05) is 30.3 Å². The minimum Gasteiger partial charge on any atom is -0.494 e. The summed E-state index contributed by atoms with van der Waals surface area (Å²) in [4.78, 5) is 4.17. The van der Waals surface area contributed by atoms with Crippen LogP contribution in [0, 0.1) is 17.2 Å². The lowest BCUT2D eigenvalue weighted by atomic mass is 10.1. The molecule has 26 heavy (non-hydrogen) atoms. The number of aromatic nitrogens is 1. The smallest absolute Gasteiger partial charge is 0.252 e. The second-order valence-electron chi connectivity index (χ2n) is 6.49. The fraction of sp³-hybridized carbons (Fsp3) is 0.450. The van der Waals surface area contributed by atoms with Gasteiger partial charge in [0.25, 0.3) is 5.88 Å². The predicted octanol–water partition coefficient (Wildman–Crippen LogP) is 4.76. The first-order valence-corrected chi connectivity index (χ1v) is 9.04. The van der Waals surface area contributed by atoms with Crippen LogP contribution in [-0.2, 0) is 6.42 Å². The van der Waals surface area contributed by atoms with Crippen LogP contribution >= 0.6 is 0 Å². The molecule has 2 rings (SSSR count). The highest BCUT2D eigenvalue weighted by Crippen LogP contribution is 2.19. The number of nitrogens with zero attached hydrogens (tertiary/aromatic N) is 3. The van der Waals surface area contributed by atoms with Gasteiger partial charge < -0.3 is 9.15 Å². The minimum absolute atomic E-state index is 0.216. The van der Waals surface area contributed by atoms with Crippen molar-refractivity contribution < 1.29 is 9.15 Å². The van der Waals surface area contributed by atoms with Gasteiger partial charge in [-0.3, -0.25) is 0 Å². The molecule has 2 aromatic rings. The number of unbranched alkanes of at least 4 members (excludes halogenated alkanes) is 2. The summed E-state index contributed by atoms with van der Waals surface area (Å²) >= 11 is 0. The van der Waals surface area contributed by atoms with Crippen LogP contribution in [0.1, 0.15) is 57.2 Å². The SMILES string of the molecule is CCCCCOc1ccc(/C=N/Nc2oc(CC(C)C)nc2C#N)cc1. The molecule has 0 radical (unpaired) electrons. The number of hydrogen-bond acceptors (Lipinski definition) is 6. The van der Waals surface area contributed by atoms with Crippen LogP contribution in [0.25, 0.3) is 0 Å². The van der Waals surface area contributed by atoms with Crippen molar-refractivity contribution in [2.24, 2.45) is 11.0 Å². The van der Waals surface area contributed by atoms with E-state index in [1.165, 1.54) is 12.8 Å². The predicted molar refractivity (Wildman–Crippen MR) is 102 cm³/mol. The van der Waals surface area contributed by atoms with Crippen molar-refractivity contribution in [2.45, 2.75) is 46.5 Å². The lowest BCUT2D eigenvalue weighted by molar-refractivity contribution is 0.306. The number of oxazole rings is 1. The van der Waals surface area contributed by atoms with Crippen LogP contribution in [0.4, 0.5) is 5.88 Å². The number of benzene rings is 1. The van der Waals surface area contributed by atoms with Gasteiger partial charge in [0, 0.05) is 6.42 Å². The molecule has 6 heteroatoms. The summed E-state index contributed by atoms with van der Waals surface area (Å²) in [6, 6.07) is 9.71. The molecule has 0 aliphatic heterocycles. The number of rotatable bonds is 10. The standard InChI is InChI=1S/C20H26N4O2/c1-4-5-6-11-25-17-9-7-16(8-10-17)14-22-24-20-18(13-21)23-19(26-20)12-15(2)3/h7-10,14-15,24H,4-6,11-12H2,1-3H3/b22-14+. The Morgan fingerprint density at radius 1 is 1.31 bits per heavy atom. The van der Waals surface area contributed by atoms with E-state index in [2.05, 4.69) is 36.3 Å². The molecule has 1 N–H and O–H groups in total. The second-order valence-corrected chi connectivity index (χ2v) is 6.49. The molecule has 0 atom stereocenters. The molecule has 0 saturated carbocycles. The Labute approximate surface area is 154 Å². The van der Waals surface area contributed by atoms with E-state index >= 15 is 0 Å². The molecule has 0 aliphatic rings. The molecular weight excluding hydrogens is 328 g/mol. The third-order valence-electron chi connectivity index (χ3n) is 3.64. The fourth-order valence-electron chi connectivity index (χ4n) is 2.31. The van der Waals surface area contributed by atoms with Gasteiger partial charge in [-0.25, -0.2) is 10.4 Å². The summed E-state index contributed by atoms with van der Waals surface area (Å²) in [5, 5.41) is 13.3. The number of ether oxygens (including phenoxy) is 1.